The van der Waals surface area contributed by atoms with E-state index in [1.165, 1.54) is 7.11 Å². The molecule has 0 aromatic carbocycles. The Bertz CT molecular complexity index is 139. The molecule has 0 saturated carbocycles. The lowest BCUT2D eigenvalue weighted by Gasteiger charge is -2.32. The maximum atomic E-state index is 11.0. The van der Waals surface area contributed by atoms with E-state index in [1.807, 2.05) is 4.90 Å². The fraction of sp³-hybridized carbons (Fsp3) is 0.750. The van der Waals surface area contributed by atoms with Crippen LogP contribution in [0.4, 0.5) is 0 Å². The molecule has 0 atom stereocenters. The fourth-order valence-electron chi connectivity index (χ4n) is 1.34. The summed E-state index contributed by atoms with van der Waals surface area (Å²) in [6, 6.07) is 0. The average molecular weight is 156 g/mol. The van der Waals surface area contributed by atoms with Crippen molar-refractivity contribution in [3.63, 3.8) is 0 Å². The number of carbonyl (C=O) groups is 1. The number of methoxy groups -OCH3 is 1. The van der Waals surface area contributed by atoms with Crippen molar-refractivity contribution in [1.29, 1.82) is 0 Å². The van der Waals surface area contributed by atoms with E-state index in [9.17, 15) is 4.79 Å². The molecular formula is C8H14NO2-. The summed E-state index contributed by atoms with van der Waals surface area (Å²) < 4.78 is 4.65. The Morgan fingerprint density at radius 1 is 1.55 bits per heavy atom. The molecule has 1 fully saturated rings. The lowest BCUT2D eigenvalue weighted by atomic mass is 9.98. The van der Waals surface area contributed by atoms with Crippen LogP contribution in [0.3, 0.4) is 0 Å². The summed E-state index contributed by atoms with van der Waals surface area (Å²) in [5.41, 5.74) is 0. The summed E-state index contributed by atoms with van der Waals surface area (Å²) in [5, 5.41) is 0. The van der Waals surface area contributed by atoms with Gasteiger partial charge in [-0.05, 0) is 25.9 Å². The Labute approximate surface area is 67.3 Å². The van der Waals surface area contributed by atoms with Gasteiger partial charge in [-0.15, -0.1) is 0 Å². The lowest BCUT2D eigenvalue weighted by Crippen LogP contribution is -2.32. The second-order valence-corrected chi connectivity index (χ2v) is 2.92. The number of nitrogens with zero attached hydrogens (tertiary/aromatic N) is 1. The van der Waals surface area contributed by atoms with E-state index < -0.39 is 0 Å². The second-order valence-electron chi connectivity index (χ2n) is 2.92. The van der Waals surface area contributed by atoms with Crippen molar-refractivity contribution in [2.45, 2.75) is 12.8 Å². The highest BCUT2D eigenvalue weighted by molar-refractivity contribution is 5.72. The van der Waals surface area contributed by atoms with Crippen LogP contribution in [0.25, 0.3) is 0 Å². The molecule has 0 aromatic rings. The van der Waals surface area contributed by atoms with Gasteiger partial charge in [-0.1, -0.05) is 0 Å². The van der Waals surface area contributed by atoms with Gasteiger partial charge in [0, 0.05) is 0 Å². The predicted molar refractivity (Wildman–Crippen MR) is 41.7 cm³/mol. The Morgan fingerprint density at radius 3 is 2.55 bits per heavy atom. The molecule has 3 nitrogen and oxygen atoms in total. The zero-order chi connectivity index (χ0) is 8.27. The molecule has 0 spiro atoms. The van der Waals surface area contributed by atoms with Crippen LogP contribution < -0.4 is 0 Å². The molecule has 0 N–H and O–H groups in total. The van der Waals surface area contributed by atoms with Crippen molar-refractivity contribution in [3.8, 4) is 0 Å². The van der Waals surface area contributed by atoms with Crippen LogP contribution in [0.1, 0.15) is 12.8 Å². The van der Waals surface area contributed by atoms with Crippen LogP contribution in [-0.4, -0.2) is 31.1 Å². The van der Waals surface area contributed by atoms with Crippen LogP contribution >= 0.6 is 0 Å². The molecule has 3 heteroatoms. The van der Waals surface area contributed by atoms with Crippen molar-refractivity contribution >= 4 is 5.97 Å². The molecule has 1 aliphatic rings. The fourth-order valence-corrected chi connectivity index (χ4v) is 1.34. The first kappa shape index (κ1) is 8.53. The normalized spacial score (nSPS) is 21.6. The van der Waals surface area contributed by atoms with Crippen molar-refractivity contribution < 1.29 is 9.53 Å². The summed E-state index contributed by atoms with van der Waals surface area (Å²) in [4.78, 5) is 13.0. The minimum absolute atomic E-state index is 0.0712. The summed E-state index contributed by atoms with van der Waals surface area (Å²) in [6.45, 7) is 1.81. The van der Waals surface area contributed by atoms with Crippen LogP contribution in [0.15, 0.2) is 0 Å². The van der Waals surface area contributed by atoms with E-state index in [4.69, 9.17) is 0 Å². The molecule has 11 heavy (non-hydrogen) atoms. The van der Waals surface area contributed by atoms with Gasteiger partial charge in [0.15, 0.2) is 0 Å². The van der Waals surface area contributed by atoms with Gasteiger partial charge in [0.2, 0.25) is 0 Å². The molecule has 1 heterocycles. The van der Waals surface area contributed by atoms with Crippen LogP contribution in [0.5, 0.6) is 0 Å². The van der Waals surface area contributed by atoms with Gasteiger partial charge in [0.05, 0.1) is 13.0 Å². The standard InChI is InChI=1S/C8H14NO2/c1-9-5-3-7(4-6-9)8(10)11-2/h7H,1,3-6H2,2H3/q-1. The van der Waals surface area contributed by atoms with E-state index >= 15 is 0 Å². The maximum absolute atomic E-state index is 11.0. The SMILES string of the molecule is [CH2-]N1CCC(C(=O)OC)CC1. The number of piperidine rings is 1. The van der Waals surface area contributed by atoms with E-state index in [0.29, 0.717) is 0 Å². The maximum Gasteiger partial charge on any atom is 0.308 e. The molecule has 0 bridgehead atoms. The van der Waals surface area contributed by atoms with Crippen molar-refractivity contribution in [1.82, 2.24) is 4.90 Å². The topological polar surface area (TPSA) is 29.5 Å². The van der Waals surface area contributed by atoms with Crippen molar-refractivity contribution in [3.05, 3.63) is 7.05 Å². The third-order valence-corrected chi connectivity index (χ3v) is 2.12. The van der Waals surface area contributed by atoms with Gasteiger partial charge >= 0.3 is 5.97 Å². The number of hydrogen-bond acceptors (Lipinski definition) is 3. The molecule has 0 radical (unpaired) electrons. The van der Waals surface area contributed by atoms with Gasteiger partial charge in [0.1, 0.15) is 0 Å². The minimum Gasteiger partial charge on any atom is -0.469 e. The Hall–Kier alpha value is -0.570. The predicted octanol–water partition coefficient (Wildman–Crippen LogP) is 0.663. The Kier molecular flexibility index (Phi) is 2.88. The smallest absolute Gasteiger partial charge is 0.308 e. The number of likely N-dealkylation sites (tertiary alicyclic amines) is 1. The monoisotopic (exact) mass is 156 g/mol. The summed E-state index contributed by atoms with van der Waals surface area (Å²) in [6.07, 6.45) is 1.77. The average Bonchev–Trinajstić information content (AvgIpc) is 2.05. The second kappa shape index (κ2) is 3.72. The number of rotatable bonds is 1. The molecule has 1 rings (SSSR count). The quantitative estimate of drug-likeness (QED) is 0.412. The number of hydrogen-bond donors (Lipinski definition) is 0. The molecule has 0 aliphatic carbocycles. The minimum atomic E-state index is -0.0712. The summed E-state index contributed by atoms with van der Waals surface area (Å²) in [5.74, 6) is 0.0381. The van der Waals surface area contributed by atoms with E-state index in [-0.39, 0.29) is 11.9 Å². The van der Waals surface area contributed by atoms with Crippen molar-refractivity contribution in [2.75, 3.05) is 20.2 Å². The first-order valence-electron chi connectivity index (χ1n) is 3.87. The van der Waals surface area contributed by atoms with Gasteiger partial charge in [-0.3, -0.25) is 11.8 Å². The Morgan fingerprint density at radius 2 is 2.09 bits per heavy atom. The summed E-state index contributed by atoms with van der Waals surface area (Å²) in [7, 11) is 5.24. The first-order valence-corrected chi connectivity index (χ1v) is 3.87. The number of carbonyl (C=O) groups excluding carboxylic acids is 1. The van der Waals surface area contributed by atoms with Gasteiger partial charge in [0.25, 0.3) is 0 Å². The zero-order valence-electron chi connectivity index (χ0n) is 6.88. The molecule has 1 aliphatic heterocycles. The highest BCUT2D eigenvalue weighted by Gasteiger charge is 2.21. The van der Waals surface area contributed by atoms with Crippen LogP contribution in [0.2, 0.25) is 0 Å². The lowest BCUT2D eigenvalue weighted by molar-refractivity contribution is -0.146. The Balaban J connectivity index is 2.33. The number of esters is 1. The van der Waals surface area contributed by atoms with Crippen LogP contribution in [-0.2, 0) is 9.53 Å². The molecule has 1 saturated heterocycles. The molecule has 64 valence electrons. The van der Waals surface area contributed by atoms with Gasteiger partial charge in [-0.25, -0.2) is 0 Å². The van der Waals surface area contributed by atoms with Crippen LogP contribution in [0, 0.1) is 13.0 Å². The van der Waals surface area contributed by atoms with E-state index in [2.05, 4.69) is 11.8 Å². The van der Waals surface area contributed by atoms with E-state index in [1.54, 1.807) is 0 Å². The largest absolute Gasteiger partial charge is 0.469 e. The highest BCUT2D eigenvalue weighted by Crippen LogP contribution is 2.17. The highest BCUT2D eigenvalue weighted by atomic mass is 16.5. The van der Waals surface area contributed by atoms with Crippen molar-refractivity contribution in [2.24, 2.45) is 5.92 Å². The van der Waals surface area contributed by atoms with Gasteiger partial charge in [-0.2, -0.15) is 0 Å². The number of ether oxygens (including phenoxy) is 1. The summed E-state index contributed by atoms with van der Waals surface area (Å²) >= 11 is 0. The third kappa shape index (κ3) is 2.19. The zero-order valence-corrected chi connectivity index (χ0v) is 6.88. The van der Waals surface area contributed by atoms with E-state index in [0.717, 1.165) is 25.9 Å². The third-order valence-electron chi connectivity index (χ3n) is 2.12. The molecule has 0 amide bonds. The first-order chi connectivity index (χ1) is 5.24. The molecule has 0 unspecified atom stereocenters. The molecule has 0 aromatic heterocycles. The molecular weight excluding hydrogens is 142 g/mol. The van der Waals surface area contributed by atoms with Gasteiger partial charge < -0.3 is 9.64 Å².